The number of halogens is 1. The smallest absolute Gasteiger partial charge is 0.269 e. The van der Waals surface area contributed by atoms with Gasteiger partial charge in [0, 0.05) is 25.2 Å². The van der Waals surface area contributed by atoms with E-state index in [0.29, 0.717) is 18.9 Å². The average molecular weight is 354 g/mol. The van der Waals surface area contributed by atoms with Gasteiger partial charge in [0.05, 0.1) is 10.3 Å². The summed E-state index contributed by atoms with van der Waals surface area (Å²) in [6.45, 7) is 2.32. The van der Waals surface area contributed by atoms with Gasteiger partial charge in [-0.25, -0.2) is 0 Å². The zero-order valence-electron chi connectivity index (χ0n) is 13.6. The molecule has 1 aliphatic heterocycles. The number of carbonyl (C=O) groups excluding carboxylic acids is 1. The predicted octanol–water partition coefficient (Wildman–Crippen LogP) is 2.46. The zero-order chi connectivity index (χ0) is 16.3. The van der Waals surface area contributed by atoms with E-state index < -0.39 is 4.92 Å². The molecule has 2 atom stereocenters. The Kier molecular flexibility index (Phi) is 6.18. The van der Waals surface area contributed by atoms with Crippen molar-refractivity contribution in [2.24, 2.45) is 11.3 Å². The number of rotatable bonds is 5. The van der Waals surface area contributed by atoms with Crippen LogP contribution in [0, 0.1) is 21.4 Å². The zero-order valence-corrected chi connectivity index (χ0v) is 14.4. The van der Waals surface area contributed by atoms with Crippen molar-refractivity contribution in [2.45, 2.75) is 32.1 Å². The first kappa shape index (κ1) is 18.7. The lowest BCUT2D eigenvalue weighted by molar-refractivity contribution is -0.384. The van der Waals surface area contributed by atoms with Gasteiger partial charge in [0.15, 0.2) is 0 Å². The van der Waals surface area contributed by atoms with Gasteiger partial charge in [0.25, 0.3) is 5.69 Å². The van der Waals surface area contributed by atoms with E-state index in [0.717, 1.165) is 37.9 Å². The molecular formula is C17H24ClN3O3. The fourth-order valence-electron chi connectivity index (χ4n) is 3.97. The second kappa shape index (κ2) is 7.94. The molecule has 2 aliphatic rings. The van der Waals surface area contributed by atoms with Crippen molar-refractivity contribution in [1.29, 1.82) is 0 Å². The van der Waals surface area contributed by atoms with Crippen molar-refractivity contribution in [3.63, 3.8) is 0 Å². The number of nitro groups is 1. The molecule has 24 heavy (non-hydrogen) atoms. The minimum atomic E-state index is -0.402. The van der Waals surface area contributed by atoms with Crippen LogP contribution in [0.25, 0.3) is 0 Å². The molecule has 0 unspecified atom stereocenters. The maximum Gasteiger partial charge on any atom is 0.269 e. The Morgan fingerprint density at radius 3 is 2.79 bits per heavy atom. The maximum atomic E-state index is 12.7. The highest BCUT2D eigenvalue weighted by molar-refractivity contribution is 5.85. The molecule has 1 saturated carbocycles. The number of carbonyl (C=O) groups is 1. The van der Waals surface area contributed by atoms with Crippen LogP contribution in [0.3, 0.4) is 0 Å². The summed E-state index contributed by atoms with van der Waals surface area (Å²) in [6, 6.07) is 6.52. The number of nitrogens with one attached hydrogen (secondary N) is 2. The number of nitrogens with zero attached hydrogens (tertiary/aromatic N) is 1. The van der Waals surface area contributed by atoms with Crippen molar-refractivity contribution in [3.8, 4) is 0 Å². The van der Waals surface area contributed by atoms with Gasteiger partial charge in [-0.05, 0) is 37.3 Å². The lowest BCUT2D eigenvalue weighted by atomic mass is 9.67. The molecule has 0 radical (unpaired) electrons. The third kappa shape index (κ3) is 3.70. The Balaban J connectivity index is 0.00000208. The normalized spacial score (nSPS) is 25.4. The Bertz CT molecular complexity index is 593. The fraction of sp³-hybridized carbons (Fsp3) is 0.588. The van der Waals surface area contributed by atoms with Crippen molar-refractivity contribution < 1.29 is 9.72 Å². The second-order valence-corrected chi connectivity index (χ2v) is 6.66. The molecule has 7 heteroatoms. The summed E-state index contributed by atoms with van der Waals surface area (Å²) in [7, 11) is 0. The molecule has 1 amide bonds. The first-order valence-corrected chi connectivity index (χ1v) is 8.34. The van der Waals surface area contributed by atoms with Crippen LogP contribution in [0.4, 0.5) is 5.69 Å². The third-order valence-corrected chi connectivity index (χ3v) is 5.34. The molecule has 0 spiro atoms. The van der Waals surface area contributed by atoms with Crippen LogP contribution in [0.15, 0.2) is 24.3 Å². The van der Waals surface area contributed by atoms with Gasteiger partial charge in [0.1, 0.15) is 0 Å². The first-order chi connectivity index (χ1) is 11.1. The van der Waals surface area contributed by atoms with E-state index in [4.69, 9.17) is 0 Å². The molecule has 1 heterocycles. The van der Waals surface area contributed by atoms with Crippen LogP contribution in [-0.4, -0.2) is 30.5 Å². The number of hydrogen-bond acceptors (Lipinski definition) is 4. The molecule has 132 valence electrons. The van der Waals surface area contributed by atoms with Gasteiger partial charge in [-0.1, -0.05) is 25.0 Å². The Morgan fingerprint density at radius 2 is 2.08 bits per heavy atom. The van der Waals surface area contributed by atoms with Crippen LogP contribution < -0.4 is 10.6 Å². The first-order valence-electron chi connectivity index (χ1n) is 8.34. The monoisotopic (exact) mass is 353 g/mol. The molecule has 1 aromatic rings. The number of fused-ring (bicyclic) bond motifs is 1. The topological polar surface area (TPSA) is 84.3 Å². The maximum absolute atomic E-state index is 12.7. The minimum absolute atomic E-state index is 0. The van der Waals surface area contributed by atoms with Crippen molar-refractivity contribution in [1.82, 2.24) is 10.6 Å². The molecule has 2 fully saturated rings. The van der Waals surface area contributed by atoms with Gasteiger partial charge in [-0.15, -0.1) is 12.4 Å². The summed E-state index contributed by atoms with van der Waals surface area (Å²) in [6.07, 6.45) is 5.17. The summed E-state index contributed by atoms with van der Waals surface area (Å²) >= 11 is 0. The highest BCUT2D eigenvalue weighted by Gasteiger charge is 2.49. The summed E-state index contributed by atoms with van der Waals surface area (Å²) in [4.78, 5) is 22.9. The van der Waals surface area contributed by atoms with Crippen molar-refractivity contribution in [2.75, 3.05) is 19.6 Å². The van der Waals surface area contributed by atoms with Gasteiger partial charge >= 0.3 is 0 Å². The van der Waals surface area contributed by atoms with Crippen LogP contribution in [0.1, 0.15) is 31.2 Å². The lowest BCUT2D eigenvalue weighted by Gasteiger charge is -2.37. The lowest BCUT2D eigenvalue weighted by Crippen LogP contribution is -2.48. The van der Waals surface area contributed by atoms with Crippen LogP contribution >= 0.6 is 12.4 Å². The Hall–Kier alpha value is -1.66. The standard InChI is InChI=1S/C17H23N3O3.ClH/c21-16(17-9-2-1-3-14(17)11-18-12-17)19-10-8-13-4-6-15(7-5-13)20(22)23;/h4-7,14,18H,1-3,8-12H2,(H,19,21);1H/t14-,17+;/m0./s1. The SMILES string of the molecule is Cl.O=C(NCCc1ccc([N+](=O)[O-])cc1)[C@@]12CCCC[C@H]1CNC2. The molecule has 3 rings (SSSR count). The van der Waals surface area contributed by atoms with E-state index in [1.807, 2.05) is 0 Å². The van der Waals surface area contributed by atoms with E-state index in [2.05, 4.69) is 10.6 Å². The number of amides is 1. The van der Waals surface area contributed by atoms with Crippen LogP contribution in [-0.2, 0) is 11.2 Å². The molecular weight excluding hydrogens is 330 g/mol. The summed E-state index contributed by atoms with van der Waals surface area (Å²) in [5.74, 6) is 0.643. The minimum Gasteiger partial charge on any atom is -0.355 e. The molecule has 0 bridgehead atoms. The second-order valence-electron chi connectivity index (χ2n) is 6.66. The summed E-state index contributed by atoms with van der Waals surface area (Å²) < 4.78 is 0. The predicted molar refractivity (Wildman–Crippen MR) is 94.3 cm³/mol. The Labute approximate surface area is 148 Å². The van der Waals surface area contributed by atoms with Gasteiger partial charge in [0.2, 0.25) is 5.91 Å². The Morgan fingerprint density at radius 1 is 1.33 bits per heavy atom. The largest absolute Gasteiger partial charge is 0.355 e. The van der Waals surface area contributed by atoms with E-state index in [1.54, 1.807) is 12.1 Å². The number of hydrogen-bond donors (Lipinski definition) is 2. The van der Waals surface area contributed by atoms with E-state index in [-0.39, 0.29) is 29.4 Å². The molecule has 6 nitrogen and oxygen atoms in total. The van der Waals surface area contributed by atoms with Crippen LogP contribution in [0.5, 0.6) is 0 Å². The molecule has 1 aromatic carbocycles. The number of non-ortho nitro benzene ring substituents is 1. The number of benzene rings is 1. The van der Waals surface area contributed by atoms with E-state index in [1.165, 1.54) is 18.6 Å². The van der Waals surface area contributed by atoms with E-state index in [9.17, 15) is 14.9 Å². The molecule has 0 aromatic heterocycles. The van der Waals surface area contributed by atoms with Gasteiger partial charge in [-0.3, -0.25) is 14.9 Å². The summed E-state index contributed by atoms with van der Waals surface area (Å²) in [5, 5.41) is 17.1. The molecule has 2 N–H and O–H groups in total. The van der Waals surface area contributed by atoms with Gasteiger partial charge in [-0.2, -0.15) is 0 Å². The van der Waals surface area contributed by atoms with Crippen molar-refractivity contribution >= 4 is 24.0 Å². The van der Waals surface area contributed by atoms with Crippen molar-refractivity contribution in [3.05, 3.63) is 39.9 Å². The third-order valence-electron chi connectivity index (χ3n) is 5.34. The van der Waals surface area contributed by atoms with Gasteiger partial charge < -0.3 is 10.6 Å². The van der Waals surface area contributed by atoms with Crippen LogP contribution in [0.2, 0.25) is 0 Å². The fourth-order valence-corrected chi connectivity index (χ4v) is 3.97. The highest BCUT2D eigenvalue weighted by atomic mass is 35.5. The molecule has 1 saturated heterocycles. The average Bonchev–Trinajstić information content (AvgIpc) is 3.00. The molecule has 1 aliphatic carbocycles. The number of nitro benzene ring substituents is 1. The highest BCUT2D eigenvalue weighted by Crippen LogP contribution is 2.43. The van der Waals surface area contributed by atoms with E-state index >= 15 is 0 Å². The quantitative estimate of drug-likeness (QED) is 0.629. The summed E-state index contributed by atoms with van der Waals surface area (Å²) in [5.41, 5.74) is 0.880.